The van der Waals surface area contributed by atoms with Crippen molar-refractivity contribution < 1.29 is 15.3 Å². The highest BCUT2D eigenvalue weighted by Crippen LogP contribution is 2.16. The van der Waals surface area contributed by atoms with Crippen molar-refractivity contribution in [3.8, 4) is 0 Å². The summed E-state index contributed by atoms with van der Waals surface area (Å²) in [4.78, 5) is 4.28. The molecule has 0 rings (SSSR count). The van der Waals surface area contributed by atoms with Crippen molar-refractivity contribution >= 4 is 0 Å². The SMILES string of the molecule is C=C(C)[C@H](CC[C@@H](C)CCO)OO. The fraction of sp³-hybridized carbons (Fsp3) is 0.800. The van der Waals surface area contributed by atoms with Gasteiger partial charge >= 0.3 is 0 Å². The Balaban J connectivity index is 3.65. The zero-order valence-corrected chi connectivity index (χ0v) is 8.49. The summed E-state index contributed by atoms with van der Waals surface area (Å²) in [6.07, 6.45) is 2.22. The van der Waals surface area contributed by atoms with Gasteiger partial charge in [-0.15, -0.1) is 0 Å². The van der Waals surface area contributed by atoms with Gasteiger partial charge in [-0.3, -0.25) is 5.26 Å². The molecule has 2 atom stereocenters. The summed E-state index contributed by atoms with van der Waals surface area (Å²) >= 11 is 0. The molecular weight excluding hydrogens is 168 g/mol. The molecule has 0 fully saturated rings. The first kappa shape index (κ1) is 12.6. The molecule has 0 unspecified atom stereocenters. The highest BCUT2D eigenvalue weighted by Gasteiger charge is 2.11. The highest BCUT2D eigenvalue weighted by atomic mass is 17.1. The Morgan fingerprint density at radius 1 is 1.38 bits per heavy atom. The smallest absolute Gasteiger partial charge is 0.113 e. The van der Waals surface area contributed by atoms with Gasteiger partial charge in [0.2, 0.25) is 0 Å². The van der Waals surface area contributed by atoms with Crippen molar-refractivity contribution in [3.63, 3.8) is 0 Å². The summed E-state index contributed by atoms with van der Waals surface area (Å²) in [7, 11) is 0. The molecule has 0 spiro atoms. The maximum Gasteiger partial charge on any atom is 0.113 e. The molecule has 2 N–H and O–H groups in total. The van der Waals surface area contributed by atoms with E-state index < -0.39 is 0 Å². The third-order valence-electron chi connectivity index (χ3n) is 2.22. The summed E-state index contributed by atoms with van der Waals surface area (Å²) in [6, 6.07) is 0. The largest absolute Gasteiger partial charge is 0.396 e. The van der Waals surface area contributed by atoms with Crippen LogP contribution >= 0.6 is 0 Å². The zero-order valence-electron chi connectivity index (χ0n) is 8.49. The molecule has 3 nitrogen and oxygen atoms in total. The lowest BCUT2D eigenvalue weighted by molar-refractivity contribution is -0.270. The molecule has 0 aromatic heterocycles. The van der Waals surface area contributed by atoms with Crippen LogP contribution in [0, 0.1) is 5.92 Å². The van der Waals surface area contributed by atoms with E-state index in [-0.39, 0.29) is 12.7 Å². The third kappa shape index (κ3) is 5.80. The maximum absolute atomic E-state index is 8.67. The van der Waals surface area contributed by atoms with E-state index in [1.54, 1.807) is 0 Å². The van der Waals surface area contributed by atoms with E-state index in [1.807, 2.05) is 6.92 Å². The van der Waals surface area contributed by atoms with Gasteiger partial charge in [-0.25, -0.2) is 4.89 Å². The molecule has 78 valence electrons. The summed E-state index contributed by atoms with van der Waals surface area (Å²) in [5, 5.41) is 17.2. The van der Waals surface area contributed by atoms with Crippen LogP contribution in [0.2, 0.25) is 0 Å². The standard InChI is InChI=1S/C10H20O3/c1-8(2)10(13-12)5-4-9(3)6-7-11/h9-12H,1,4-7H2,2-3H3/t9-,10+/m1/s1. The number of aliphatic hydroxyl groups is 1. The van der Waals surface area contributed by atoms with Crippen LogP contribution < -0.4 is 0 Å². The summed E-state index contributed by atoms with van der Waals surface area (Å²) in [5.74, 6) is 0.460. The first-order valence-electron chi connectivity index (χ1n) is 4.68. The Morgan fingerprint density at radius 3 is 2.38 bits per heavy atom. The monoisotopic (exact) mass is 188 g/mol. The predicted molar refractivity (Wildman–Crippen MR) is 52.4 cm³/mol. The van der Waals surface area contributed by atoms with Gasteiger partial charge in [-0.2, -0.15) is 0 Å². The van der Waals surface area contributed by atoms with Gasteiger partial charge in [-0.05, 0) is 37.7 Å². The molecule has 0 aliphatic heterocycles. The molecule has 0 saturated carbocycles. The first-order valence-corrected chi connectivity index (χ1v) is 4.68. The van der Waals surface area contributed by atoms with E-state index in [1.165, 1.54) is 0 Å². The molecule has 13 heavy (non-hydrogen) atoms. The number of aliphatic hydroxyl groups excluding tert-OH is 1. The second-order valence-electron chi connectivity index (χ2n) is 3.64. The van der Waals surface area contributed by atoms with Gasteiger partial charge in [-0.1, -0.05) is 13.5 Å². The van der Waals surface area contributed by atoms with Gasteiger partial charge in [0, 0.05) is 6.61 Å². The van der Waals surface area contributed by atoms with Crippen molar-refractivity contribution in [2.24, 2.45) is 5.92 Å². The van der Waals surface area contributed by atoms with E-state index in [9.17, 15) is 0 Å². The Labute approximate surface area is 80.0 Å². The van der Waals surface area contributed by atoms with Crippen LogP contribution in [-0.4, -0.2) is 23.1 Å². The van der Waals surface area contributed by atoms with Crippen molar-refractivity contribution in [2.75, 3.05) is 6.61 Å². The fourth-order valence-electron chi connectivity index (χ4n) is 1.19. The van der Waals surface area contributed by atoms with E-state index in [0.29, 0.717) is 5.92 Å². The first-order chi connectivity index (χ1) is 6.11. The molecule has 0 aromatic carbocycles. The molecule has 0 aromatic rings. The van der Waals surface area contributed by atoms with E-state index in [2.05, 4.69) is 18.4 Å². The molecular formula is C10H20O3. The number of hydrogen-bond acceptors (Lipinski definition) is 3. The minimum absolute atomic E-state index is 0.221. The Morgan fingerprint density at radius 2 is 2.00 bits per heavy atom. The van der Waals surface area contributed by atoms with Crippen LogP contribution in [0.15, 0.2) is 12.2 Å². The van der Waals surface area contributed by atoms with Crippen LogP contribution in [0.25, 0.3) is 0 Å². The molecule has 0 heterocycles. The van der Waals surface area contributed by atoms with Gasteiger partial charge in [0.1, 0.15) is 6.10 Å². The van der Waals surface area contributed by atoms with Crippen LogP contribution in [0.5, 0.6) is 0 Å². The van der Waals surface area contributed by atoms with Gasteiger partial charge in [0.05, 0.1) is 0 Å². The van der Waals surface area contributed by atoms with Gasteiger partial charge in [0.25, 0.3) is 0 Å². The summed E-state index contributed by atoms with van der Waals surface area (Å²) in [5.41, 5.74) is 0.832. The average molecular weight is 188 g/mol. The van der Waals surface area contributed by atoms with Crippen molar-refractivity contribution in [2.45, 2.75) is 39.2 Å². The quantitative estimate of drug-likeness (QED) is 0.366. The molecule has 0 aliphatic carbocycles. The fourth-order valence-corrected chi connectivity index (χ4v) is 1.19. The molecule has 0 bridgehead atoms. The van der Waals surface area contributed by atoms with Crippen LogP contribution in [0.1, 0.15) is 33.1 Å². The van der Waals surface area contributed by atoms with E-state index in [4.69, 9.17) is 10.4 Å². The third-order valence-corrected chi connectivity index (χ3v) is 2.22. The summed E-state index contributed by atoms with van der Waals surface area (Å²) < 4.78 is 0. The minimum atomic E-state index is -0.263. The van der Waals surface area contributed by atoms with Crippen LogP contribution in [0.4, 0.5) is 0 Å². The lowest BCUT2D eigenvalue weighted by atomic mass is 9.98. The molecule has 3 heteroatoms. The van der Waals surface area contributed by atoms with Gasteiger partial charge in [0.15, 0.2) is 0 Å². The zero-order chi connectivity index (χ0) is 10.3. The second kappa shape index (κ2) is 7.06. The van der Waals surface area contributed by atoms with Crippen LogP contribution in [-0.2, 0) is 4.89 Å². The number of hydrogen-bond donors (Lipinski definition) is 2. The maximum atomic E-state index is 8.67. The van der Waals surface area contributed by atoms with Crippen molar-refractivity contribution in [1.82, 2.24) is 0 Å². The van der Waals surface area contributed by atoms with Gasteiger partial charge < -0.3 is 5.11 Å². The Kier molecular flexibility index (Phi) is 6.86. The normalized spacial score (nSPS) is 15.4. The van der Waals surface area contributed by atoms with Crippen molar-refractivity contribution in [1.29, 1.82) is 0 Å². The van der Waals surface area contributed by atoms with Crippen LogP contribution in [0.3, 0.4) is 0 Å². The predicted octanol–water partition coefficient (Wildman–Crippen LogP) is 2.22. The number of rotatable bonds is 7. The van der Waals surface area contributed by atoms with Crippen molar-refractivity contribution in [3.05, 3.63) is 12.2 Å². The Hall–Kier alpha value is -0.380. The molecule has 0 saturated heterocycles. The van der Waals surface area contributed by atoms with E-state index in [0.717, 1.165) is 24.8 Å². The second-order valence-corrected chi connectivity index (χ2v) is 3.64. The lowest BCUT2D eigenvalue weighted by Crippen LogP contribution is -2.13. The topological polar surface area (TPSA) is 49.7 Å². The minimum Gasteiger partial charge on any atom is -0.396 e. The Bertz CT molecular complexity index is 145. The molecule has 0 radical (unpaired) electrons. The van der Waals surface area contributed by atoms with E-state index >= 15 is 0 Å². The molecule has 0 aliphatic rings. The highest BCUT2D eigenvalue weighted by molar-refractivity contribution is 4.97. The average Bonchev–Trinajstić information content (AvgIpc) is 2.05. The summed E-state index contributed by atoms with van der Waals surface area (Å²) in [6.45, 7) is 7.84. The lowest BCUT2D eigenvalue weighted by Gasteiger charge is -2.15. The molecule has 0 amide bonds.